The van der Waals surface area contributed by atoms with E-state index in [1.807, 2.05) is 26.0 Å². The van der Waals surface area contributed by atoms with Gasteiger partial charge in [0, 0.05) is 44.6 Å². The molecule has 5 heterocycles. The predicted molar refractivity (Wildman–Crippen MR) is 201 cm³/mol. The van der Waals surface area contributed by atoms with Crippen LogP contribution in [0.15, 0.2) is 47.1 Å². The fraction of sp³-hybridized carbons (Fsp3) is 0.791. The maximum Gasteiger partial charge on any atom is 0.316 e. The number of methoxy groups -OCH3 is 1. The summed E-state index contributed by atoms with van der Waals surface area (Å²) in [4.78, 5) is 14.3. The summed E-state index contributed by atoms with van der Waals surface area (Å²) in [5.41, 5.74) is 0.106. The molecule has 0 aromatic carbocycles. The lowest BCUT2D eigenvalue weighted by Gasteiger charge is -2.53. The smallest absolute Gasteiger partial charge is 0.316 e. The van der Waals surface area contributed by atoms with E-state index in [0.717, 1.165) is 31.3 Å². The first-order chi connectivity index (χ1) is 26.2. The van der Waals surface area contributed by atoms with Gasteiger partial charge in [-0.15, -0.1) is 0 Å². The van der Waals surface area contributed by atoms with Crippen LogP contribution in [-0.2, 0) is 38.0 Å². The minimum absolute atomic E-state index is 0.0319. The van der Waals surface area contributed by atoms with Crippen LogP contribution in [0, 0.1) is 23.7 Å². The van der Waals surface area contributed by atoms with E-state index < -0.39 is 84.5 Å². The van der Waals surface area contributed by atoms with Gasteiger partial charge in [0.15, 0.2) is 12.1 Å². The molecule has 0 radical (unpaired) electrons. The molecule has 2 bridgehead atoms. The zero-order valence-electron chi connectivity index (χ0n) is 33.4. The van der Waals surface area contributed by atoms with Crippen LogP contribution in [-0.4, -0.2) is 119 Å². The van der Waals surface area contributed by atoms with E-state index >= 15 is 0 Å². The first kappa shape index (κ1) is 41.2. The van der Waals surface area contributed by atoms with Crippen molar-refractivity contribution in [2.45, 2.75) is 178 Å². The number of carbonyl (C=O) groups is 1. The molecule has 5 fully saturated rings. The molecule has 0 aromatic rings. The first-order valence-corrected chi connectivity index (χ1v) is 20.7. The van der Waals surface area contributed by atoms with Crippen molar-refractivity contribution < 1.29 is 58.4 Å². The van der Waals surface area contributed by atoms with Gasteiger partial charge in [-0.2, -0.15) is 0 Å². The Bertz CT molecular complexity index is 1500. The summed E-state index contributed by atoms with van der Waals surface area (Å²) < 4.78 is 44.7. The second-order valence-electron chi connectivity index (χ2n) is 17.6. The Morgan fingerprint density at radius 1 is 0.945 bits per heavy atom. The molecule has 7 rings (SSSR count). The SMILES string of the molecule is CO[C@H]1C[C@H](O[C@@H]2/C(C)=C\C[C@@H]3C[C@@H](C[C@]4(C[C@H](O)[C@H](C)[C@@H](C5CCCCC5)O4)O3)OC(=O)[C@@H]3C=C(C)[C@@H](O)[C@H]4OCC(=C/C=C\[C@@H]2C)[C@]43O)O[C@@H](C)[C@@H]1O. The zero-order valence-corrected chi connectivity index (χ0v) is 33.4. The number of fused-ring (bicyclic) bond motifs is 2. The van der Waals surface area contributed by atoms with Crippen molar-refractivity contribution in [3.8, 4) is 0 Å². The summed E-state index contributed by atoms with van der Waals surface area (Å²) in [7, 11) is 1.58. The van der Waals surface area contributed by atoms with E-state index in [4.69, 9.17) is 33.2 Å². The van der Waals surface area contributed by atoms with Crippen LogP contribution in [0.25, 0.3) is 0 Å². The zero-order chi connectivity index (χ0) is 39.2. The van der Waals surface area contributed by atoms with Gasteiger partial charge < -0.3 is 53.6 Å². The highest BCUT2D eigenvalue weighted by Crippen LogP contribution is 2.49. The minimum Gasteiger partial charge on any atom is -0.462 e. The largest absolute Gasteiger partial charge is 0.462 e. The average Bonchev–Trinajstić information content (AvgIpc) is 3.50. The fourth-order valence-electron chi connectivity index (χ4n) is 10.4. The third kappa shape index (κ3) is 8.20. The van der Waals surface area contributed by atoms with Crippen LogP contribution in [0.4, 0.5) is 0 Å². The molecular weight excluding hydrogens is 708 g/mol. The molecule has 4 N–H and O–H groups in total. The molecule has 5 aliphatic heterocycles. The number of aliphatic hydroxyl groups is 4. The molecule has 0 unspecified atom stereocenters. The standard InChI is InChI=1S/C43H64O12/c1-23-11-10-14-29-22-50-40-36(45)25(3)17-32(43(29,40)48)41(47)52-31-18-30(16-15-24(2)38(23)53-35-19-34(49-6)37(46)27(5)51-35)54-42(20-31)21-33(44)26(4)39(55-42)28-12-8-7-9-13-28/h10-11,14-15,17,23,26-28,30-40,44-46,48H,7-9,12-13,16,18-22H2,1-6H3/b11-10-,24-15-,29-14?/t23-,26-,27-,30+,31-,32-,33-,34-,35-,36+,37-,38-,39-,40+,42-,43+/m0/s1. The Labute approximate surface area is 325 Å². The van der Waals surface area contributed by atoms with E-state index in [-0.39, 0.29) is 37.4 Å². The Morgan fingerprint density at radius 3 is 2.45 bits per heavy atom. The van der Waals surface area contributed by atoms with Crippen molar-refractivity contribution in [2.24, 2.45) is 23.7 Å². The molecule has 55 heavy (non-hydrogen) atoms. The molecule has 1 spiro atoms. The maximum atomic E-state index is 14.3. The average molecular weight is 773 g/mol. The summed E-state index contributed by atoms with van der Waals surface area (Å²) in [6.07, 6.45) is 9.77. The van der Waals surface area contributed by atoms with Gasteiger partial charge in [0.1, 0.15) is 35.9 Å². The molecule has 1 saturated carbocycles. The van der Waals surface area contributed by atoms with Crippen molar-refractivity contribution in [1.29, 1.82) is 0 Å². The van der Waals surface area contributed by atoms with Gasteiger partial charge in [-0.05, 0) is 62.7 Å². The molecule has 12 nitrogen and oxygen atoms in total. The van der Waals surface area contributed by atoms with Crippen molar-refractivity contribution in [3.05, 3.63) is 47.1 Å². The lowest BCUT2D eigenvalue weighted by molar-refractivity contribution is -0.355. The van der Waals surface area contributed by atoms with Gasteiger partial charge in [0.25, 0.3) is 0 Å². The van der Waals surface area contributed by atoms with Crippen LogP contribution in [0.2, 0.25) is 0 Å². The van der Waals surface area contributed by atoms with E-state index in [0.29, 0.717) is 36.3 Å². The Morgan fingerprint density at radius 2 is 1.71 bits per heavy atom. The first-order valence-electron chi connectivity index (χ1n) is 20.7. The van der Waals surface area contributed by atoms with Gasteiger partial charge in [0.05, 0.1) is 43.2 Å². The summed E-state index contributed by atoms with van der Waals surface area (Å²) in [6.45, 7) is 9.69. The van der Waals surface area contributed by atoms with E-state index in [9.17, 15) is 25.2 Å². The minimum atomic E-state index is -1.84. The molecule has 2 aliphatic carbocycles. The highest BCUT2D eigenvalue weighted by molar-refractivity contribution is 5.78. The lowest BCUT2D eigenvalue weighted by atomic mass is 9.71. The fourth-order valence-corrected chi connectivity index (χ4v) is 10.4. The number of allylic oxidation sites excluding steroid dienone is 2. The van der Waals surface area contributed by atoms with Gasteiger partial charge in [-0.1, -0.05) is 63.5 Å². The molecule has 7 aliphatic rings. The normalized spacial score (nSPS) is 48.9. The third-order valence-electron chi connectivity index (χ3n) is 13.7. The van der Waals surface area contributed by atoms with Crippen LogP contribution >= 0.6 is 0 Å². The Hall–Kier alpha value is -1.97. The molecule has 0 amide bonds. The molecule has 12 heteroatoms. The topological polar surface area (TPSA) is 163 Å². The van der Waals surface area contributed by atoms with Crippen LogP contribution in [0.5, 0.6) is 0 Å². The van der Waals surface area contributed by atoms with Crippen molar-refractivity contribution in [2.75, 3.05) is 13.7 Å². The van der Waals surface area contributed by atoms with Gasteiger partial charge >= 0.3 is 5.97 Å². The Balaban J connectivity index is 1.25. The summed E-state index contributed by atoms with van der Waals surface area (Å²) >= 11 is 0. The van der Waals surface area contributed by atoms with Gasteiger partial charge in [-0.3, -0.25) is 4.79 Å². The predicted octanol–water partition coefficient (Wildman–Crippen LogP) is 4.57. The van der Waals surface area contributed by atoms with Crippen LogP contribution < -0.4 is 0 Å². The monoisotopic (exact) mass is 772 g/mol. The van der Waals surface area contributed by atoms with Gasteiger partial charge in [0.2, 0.25) is 0 Å². The van der Waals surface area contributed by atoms with Crippen LogP contribution in [0.3, 0.4) is 0 Å². The number of ether oxygens (including phenoxy) is 7. The second kappa shape index (κ2) is 16.7. The van der Waals surface area contributed by atoms with Gasteiger partial charge in [-0.25, -0.2) is 0 Å². The number of hydrogen-bond acceptors (Lipinski definition) is 12. The number of carbonyl (C=O) groups excluding carboxylic acids is 1. The van der Waals surface area contributed by atoms with Crippen LogP contribution in [0.1, 0.15) is 98.8 Å². The van der Waals surface area contributed by atoms with Crippen molar-refractivity contribution >= 4 is 5.97 Å². The molecule has 16 atom stereocenters. The molecule has 4 saturated heterocycles. The highest BCUT2D eigenvalue weighted by Gasteiger charge is 2.60. The van der Waals surface area contributed by atoms with E-state index in [2.05, 4.69) is 13.0 Å². The van der Waals surface area contributed by atoms with E-state index in [1.165, 1.54) is 6.42 Å². The number of aliphatic hydroxyl groups excluding tert-OH is 3. The van der Waals surface area contributed by atoms with E-state index in [1.54, 1.807) is 33.1 Å². The summed E-state index contributed by atoms with van der Waals surface area (Å²) in [5.74, 6) is -2.82. The summed E-state index contributed by atoms with van der Waals surface area (Å²) in [5, 5.41) is 45.8. The number of esters is 1. The van der Waals surface area contributed by atoms with Crippen molar-refractivity contribution in [1.82, 2.24) is 0 Å². The Kier molecular flexibility index (Phi) is 12.5. The summed E-state index contributed by atoms with van der Waals surface area (Å²) in [6, 6.07) is 0. The maximum absolute atomic E-state index is 14.3. The number of hydrogen-bond donors (Lipinski definition) is 4. The second-order valence-corrected chi connectivity index (χ2v) is 17.6. The van der Waals surface area contributed by atoms with Crippen molar-refractivity contribution in [3.63, 3.8) is 0 Å². The lowest BCUT2D eigenvalue weighted by Crippen LogP contribution is -2.60. The molecular formula is C43H64O12. The molecule has 0 aromatic heterocycles. The highest BCUT2D eigenvalue weighted by atomic mass is 16.7. The molecule has 308 valence electrons. The number of rotatable bonds is 4. The quantitative estimate of drug-likeness (QED) is 0.233. The third-order valence-corrected chi connectivity index (χ3v) is 13.7.